The zero-order valence-electron chi connectivity index (χ0n) is 11.3. The summed E-state index contributed by atoms with van der Waals surface area (Å²) in [5.74, 6) is 0. The Morgan fingerprint density at radius 3 is 2.83 bits per heavy atom. The second-order valence-corrected chi connectivity index (χ2v) is 5.42. The van der Waals surface area contributed by atoms with E-state index in [1.165, 1.54) is 12.8 Å². The lowest BCUT2D eigenvalue weighted by atomic mass is 10.1. The molecule has 106 valence electrons. The van der Waals surface area contributed by atoms with Gasteiger partial charge in [0.15, 0.2) is 6.29 Å². The van der Waals surface area contributed by atoms with Crippen LogP contribution in [0.5, 0.6) is 0 Å². The number of unbranched alkanes of at least 4 members (excludes halogenated alkanes) is 1. The zero-order chi connectivity index (χ0) is 12.8. The lowest BCUT2D eigenvalue weighted by Crippen LogP contribution is -2.26. The molecule has 0 aromatic rings. The quantitative estimate of drug-likeness (QED) is 0.536. The predicted octanol–water partition coefficient (Wildman–Crippen LogP) is 2.24. The summed E-state index contributed by atoms with van der Waals surface area (Å²) in [6.07, 6.45) is 8.63. The van der Waals surface area contributed by atoms with E-state index < -0.39 is 0 Å². The minimum absolute atomic E-state index is 0.0271. The van der Waals surface area contributed by atoms with Crippen LogP contribution in [-0.2, 0) is 14.2 Å². The maximum absolute atomic E-state index is 8.84. The molecule has 1 N–H and O–H groups in total. The van der Waals surface area contributed by atoms with Crippen LogP contribution < -0.4 is 0 Å². The highest BCUT2D eigenvalue weighted by atomic mass is 16.7. The summed E-state index contributed by atoms with van der Waals surface area (Å²) < 4.78 is 16.7. The first-order valence-electron chi connectivity index (χ1n) is 7.33. The van der Waals surface area contributed by atoms with Crippen molar-refractivity contribution >= 4 is 0 Å². The van der Waals surface area contributed by atoms with E-state index >= 15 is 0 Å². The molecule has 4 heteroatoms. The molecule has 0 aromatic heterocycles. The molecular weight excluding hydrogens is 232 g/mol. The maximum atomic E-state index is 8.84. The van der Waals surface area contributed by atoms with Crippen LogP contribution in [0.1, 0.15) is 51.9 Å². The molecule has 1 unspecified atom stereocenters. The maximum Gasteiger partial charge on any atom is 0.157 e. The van der Waals surface area contributed by atoms with Crippen LogP contribution in [0.25, 0.3) is 0 Å². The first kappa shape index (κ1) is 14.3. The van der Waals surface area contributed by atoms with Crippen molar-refractivity contribution < 1.29 is 19.3 Å². The number of aliphatic hydroxyl groups is 1. The molecule has 2 aliphatic rings. The van der Waals surface area contributed by atoms with E-state index in [4.69, 9.17) is 19.3 Å². The summed E-state index contributed by atoms with van der Waals surface area (Å²) in [5, 5.41) is 8.84. The normalized spacial score (nSPS) is 33.3. The Bertz CT molecular complexity index is 228. The minimum atomic E-state index is 0.0271. The van der Waals surface area contributed by atoms with E-state index in [-0.39, 0.29) is 25.1 Å². The van der Waals surface area contributed by atoms with Crippen molar-refractivity contribution in [3.05, 3.63) is 0 Å². The molecule has 0 radical (unpaired) electrons. The van der Waals surface area contributed by atoms with Gasteiger partial charge < -0.3 is 19.3 Å². The third kappa shape index (κ3) is 4.84. The van der Waals surface area contributed by atoms with Crippen molar-refractivity contribution in [2.45, 2.75) is 76.5 Å². The molecule has 2 saturated heterocycles. The molecule has 0 saturated carbocycles. The molecule has 2 aliphatic heterocycles. The van der Waals surface area contributed by atoms with E-state index in [1.54, 1.807) is 0 Å². The number of hydrogen-bond donors (Lipinski definition) is 1. The van der Waals surface area contributed by atoms with Crippen LogP contribution in [0.15, 0.2) is 0 Å². The molecule has 0 aliphatic carbocycles. The van der Waals surface area contributed by atoms with E-state index in [9.17, 15) is 0 Å². The number of ether oxygens (including phenoxy) is 3. The lowest BCUT2D eigenvalue weighted by Gasteiger charge is -2.26. The van der Waals surface area contributed by atoms with Gasteiger partial charge in [-0.1, -0.05) is 12.8 Å². The van der Waals surface area contributed by atoms with E-state index in [1.807, 2.05) is 0 Å². The van der Waals surface area contributed by atoms with Crippen molar-refractivity contribution in [2.24, 2.45) is 0 Å². The molecule has 0 amide bonds. The predicted molar refractivity (Wildman–Crippen MR) is 68.4 cm³/mol. The molecule has 0 bridgehead atoms. The fraction of sp³-hybridized carbons (Fsp3) is 1.00. The minimum Gasteiger partial charge on any atom is -0.394 e. The van der Waals surface area contributed by atoms with Gasteiger partial charge in [-0.15, -0.1) is 0 Å². The van der Waals surface area contributed by atoms with Crippen LogP contribution in [0.2, 0.25) is 0 Å². The number of aliphatic hydroxyl groups excluding tert-OH is 1. The van der Waals surface area contributed by atoms with Crippen molar-refractivity contribution in [2.75, 3.05) is 13.2 Å². The van der Waals surface area contributed by atoms with Crippen LogP contribution in [0.4, 0.5) is 0 Å². The summed E-state index contributed by atoms with van der Waals surface area (Å²) in [5.41, 5.74) is 0. The highest BCUT2D eigenvalue weighted by molar-refractivity contribution is 4.83. The summed E-state index contributed by atoms with van der Waals surface area (Å²) >= 11 is 0. The smallest absolute Gasteiger partial charge is 0.157 e. The third-order valence-electron chi connectivity index (χ3n) is 3.74. The number of rotatable bonds is 8. The van der Waals surface area contributed by atoms with Gasteiger partial charge in [0.2, 0.25) is 0 Å². The second kappa shape index (κ2) is 7.43. The zero-order valence-corrected chi connectivity index (χ0v) is 11.3. The van der Waals surface area contributed by atoms with Crippen molar-refractivity contribution in [3.63, 3.8) is 0 Å². The largest absolute Gasteiger partial charge is 0.394 e. The second-order valence-electron chi connectivity index (χ2n) is 5.42. The fourth-order valence-electron chi connectivity index (χ4n) is 2.52. The van der Waals surface area contributed by atoms with Gasteiger partial charge in [-0.3, -0.25) is 0 Å². The first-order valence-corrected chi connectivity index (χ1v) is 7.33. The SMILES string of the molecule is C[C@H](CCCC[C@@H]1O[C@H]1CO)OC1CCCCO1. The Labute approximate surface area is 110 Å². The molecule has 4 atom stereocenters. The van der Waals surface area contributed by atoms with E-state index in [0.29, 0.717) is 6.10 Å². The number of epoxide rings is 1. The summed E-state index contributed by atoms with van der Waals surface area (Å²) in [6, 6.07) is 0. The fourth-order valence-corrected chi connectivity index (χ4v) is 2.52. The third-order valence-corrected chi connectivity index (χ3v) is 3.74. The molecule has 4 nitrogen and oxygen atoms in total. The average Bonchev–Trinajstić information content (AvgIpc) is 3.14. The first-order chi connectivity index (χ1) is 8.79. The van der Waals surface area contributed by atoms with Gasteiger partial charge in [-0.25, -0.2) is 0 Å². The Hall–Kier alpha value is -0.160. The average molecular weight is 258 g/mol. The highest BCUT2D eigenvalue weighted by Gasteiger charge is 2.36. The summed E-state index contributed by atoms with van der Waals surface area (Å²) in [7, 11) is 0. The Balaban J connectivity index is 1.45. The van der Waals surface area contributed by atoms with Crippen LogP contribution in [-0.4, -0.2) is 42.9 Å². The van der Waals surface area contributed by atoms with Crippen LogP contribution in [0.3, 0.4) is 0 Å². The number of hydrogen-bond acceptors (Lipinski definition) is 4. The van der Waals surface area contributed by atoms with Gasteiger partial charge in [-0.05, 0) is 39.0 Å². The molecule has 2 fully saturated rings. The Kier molecular flexibility index (Phi) is 5.89. The highest BCUT2D eigenvalue weighted by Crippen LogP contribution is 2.27. The monoisotopic (exact) mass is 258 g/mol. The molecule has 2 rings (SSSR count). The lowest BCUT2D eigenvalue weighted by molar-refractivity contribution is -0.185. The molecular formula is C14H26O4. The van der Waals surface area contributed by atoms with Gasteiger partial charge >= 0.3 is 0 Å². The van der Waals surface area contributed by atoms with Gasteiger partial charge in [-0.2, -0.15) is 0 Å². The van der Waals surface area contributed by atoms with Gasteiger partial charge in [0.05, 0.1) is 18.8 Å². The van der Waals surface area contributed by atoms with Crippen molar-refractivity contribution in [3.8, 4) is 0 Å². The molecule has 0 aromatic carbocycles. The van der Waals surface area contributed by atoms with Gasteiger partial charge in [0, 0.05) is 6.61 Å². The standard InChI is InChI=1S/C14H26O4/c1-11(17-14-8-4-5-9-16-14)6-2-3-7-12-13(10-15)18-12/h11-15H,2-10H2,1H3/t11-,12+,13+,14?/m1/s1. The molecule has 18 heavy (non-hydrogen) atoms. The van der Waals surface area contributed by atoms with Crippen molar-refractivity contribution in [1.29, 1.82) is 0 Å². The van der Waals surface area contributed by atoms with Gasteiger partial charge in [0.1, 0.15) is 6.10 Å². The van der Waals surface area contributed by atoms with E-state index in [0.717, 1.165) is 38.7 Å². The molecule has 0 spiro atoms. The summed E-state index contributed by atoms with van der Waals surface area (Å²) in [4.78, 5) is 0. The van der Waals surface area contributed by atoms with Crippen LogP contribution in [0, 0.1) is 0 Å². The van der Waals surface area contributed by atoms with E-state index in [2.05, 4.69) is 6.92 Å². The van der Waals surface area contributed by atoms with Crippen LogP contribution >= 0.6 is 0 Å². The van der Waals surface area contributed by atoms with Crippen molar-refractivity contribution in [1.82, 2.24) is 0 Å². The van der Waals surface area contributed by atoms with Gasteiger partial charge in [0.25, 0.3) is 0 Å². The topological polar surface area (TPSA) is 51.2 Å². The Morgan fingerprint density at radius 1 is 1.28 bits per heavy atom. The summed E-state index contributed by atoms with van der Waals surface area (Å²) in [6.45, 7) is 3.14. The Morgan fingerprint density at radius 2 is 2.17 bits per heavy atom. The molecule has 2 heterocycles.